The lowest BCUT2D eigenvalue weighted by Gasteiger charge is -2.34. The number of benzene rings is 2. The van der Waals surface area contributed by atoms with E-state index in [1.165, 1.54) is 24.3 Å². The summed E-state index contributed by atoms with van der Waals surface area (Å²) in [5.74, 6) is -0.383. The second-order valence-corrected chi connectivity index (χ2v) is 6.79. The maximum atomic E-state index is 12.9. The monoisotopic (exact) mass is 400 g/mol. The average molecular weight is 400 g/mol. The number of carbonyl (C=O) groups excluding carboxylic acids is 2. The van der Waals surface area contributed by atoms with Gasteiger partial charge in [-0.15, -0.1) is 0 Å². The van der Waals surface area contributed by atoms with E-state index in [2.05, 4.69) is 15.5 Å². The predicted molar refractivity (Wildman–Crippen MR) is 110 cm³/mol. The number of ether oxygens (including phenoxy) is 1. The van der Waals surface area contributed by atoms with Crippen molar-refractivity contribution >= 4 is 23.3 Å². The number of nitrogens with zero attached hydrogens (tertiary/aromatic N) is 2. The van der Waals surface area contributed by atoms with Gasteiger partial charge in [0.15, 0.2) is 0 Å². The van der Waals surface area contributed by atoms with Gasteiger partial charge >= 0.3 is 6.03 Å². The molecule has 154 valence electrons. The van der Waals surface area contributed by atoms with E-state index in [1.807, 2.05) is 4.90 Å². The Bertz CT molecular complexity index is 819. The van der Waals surface area contributed by atoms with Crippen molar-refractivity contribution < 1.29 is 18.7 Å². The first kappa shape index (κ1) is 20.8. The fraction of sp³-hybridized carbons (Fsp3) is 0.333. The van der Waals surface area contributed by atoms with Gasteiger partial charge in [0, 0.05) is 56.8 Å². The van der Waals surface area contributed by atoms with Gasteiger partial charge in [0.05, 0.1) is 6.61 Å². The van der Waals surface area contributed by atoms with Gasteiger partial charge in [-0.05, 0) is 48.5 Å². The molecule has 1 aliphatic rings. The molecule has 0 radical (unpaired) electrons. The smallest absolute Gasteiger partial charge is 0.323 e. The maximum absolute atomic E-state index is 12.9. The van der Waals surface area contributed by atoms with Crippen LogP contribution in [-0.4, -0.2) is 68.2 Å². The molecule has 8 heteroatoms. The first-order valence-electron chi connectivity index (χ1n) is 9.49. The van der Waals surface area contributed by atoms with Crippen molar-refractivity contribution in [1.29, 1.82) is 0 Å². The van der Waals surface area contributed by atoms with Crippen LogP contribution in [0.1, 0.15) is 10.4 Å². The van der Waals surface area contributed by atoms with Gasteiger partial charge in [0.25, 0.3) is 5.91 Å². The first-order valence-corrected chi connectivity index (χ1v) is 9.49. The SMILES string of the molecule is COCCN1CCN(C(=O)c2ccc(NC(=O)Nc3ccc(F)cc3)cc2)CC1. The third-order valence-electron chi connectivity index (χ3n) is 4.76. The van der Waals surface area contributed by atoms with Crippen molar-refractivity contribution in [3.05, 3.63) is 59.9 Å². The highest BCUT2D eigenvalue weighted by molar-refractivity contribution is 6.00. The van der Waals surface area contributed by atoms with Crippen molar-refractivity contribution in [3.63, 3.8) is 0 Å². The summed E-state index contributed by atoms with van der Waals surface area (Å²) >= 11 is 0. The van der Waals surface area contributed by atoms with Crippen LogP contribution in [0.15, 0.2) is 48.5 Å². The minimum absolute atomic E-state index is 0.0151. The normalized spacial score (nSPS) is 14.5. The molecule has 1 heterocycles. The summed E-state index contributed by atoms with van der Waals surface area (Å²) in [5.41, 5.74) is 1.63. The van der Waals surface area contributed by atoms with Crippen LogP contribution in [0, 0.1) is 5.82 Å². The van der Waals surface area contributed by atoms with E-state index in [0.717, 1.165) is 19.6 Å². The molecule has 1 saturated heterocycles. The van der Waals surface area contributed by atoms with Crippen LogP contribution >= 0.6 is 0 Å². The number of hydrogen-bond donors (Lipinski definition) is 2. The Balaban J connectivity index is 1.50. The number of amides is 3. The van der Waals surface area contributed by atoms with E-state index in [1.54, 1.807) is 31.4 Å². The number of hydrogen-bond acceptors (Lipinski definition) is 4. The molecular formula is C21H25FN4O3. The molecule has 2 N–H and O–H groups in total. The minimum atomic E-state index is -0.442. The van der Waals surface area contributed by atoms with E-state index < -0.39 is 6.03 Å². The zero-order valence-corrected chi connectivity index (χ0v) is 16.4. The topological polar surface area (TPSA) is 73.9 Å². The molecule has 2 aromatic carbocycles. The predicted octanol–water partition coefficient (Wildman–Crippen LogP) is 2.87. The van der Waals surface area contributed by atoms with Crippen LogP contribution in [0.4, 0.5) is 20.6 Å². The first-order chi connectivity index (χ1) is 14.0. The van der Waals surface area contributed by atoms with Gasteiger partial charge < -0.3 is 20.3 Å². The van der Waals surface area contributed by atoms with E-state index in [-0.39, 0.29) is 11.7 Å². The summed E-state index contributed by atoms with van der Waals surface area (Å²) in [6.45, 7) is 4.60. The van der Waals surface area contributed by atoms with Gasteiger partial charge in [-0.1, -0.05) is 0 Å². The number of methoxy groups -OCH3 is 1. The molecule has 0 aromatic heterocycles. The Morgan fingerprint density at radius 2 is 1.48 bits per heavy atom. The van der Waals surface area contributed by atoms with E-state index >= 15 is 0 Å². The summed E-state index contributed by atoms with van der Waals surface area (Å²) < 4.78 is 18.0. The van der Waals surface area contributed by atoms with Gasteiger partial charge in [0.2, 0.25) is 0 Å². The lowest BCUT2D eigenvalue weighted by atomic mass is 10.1. The molecule has 0 unspecified atom stereocenters. The summed E-state index contributed by atoms with van der Waals surface area (Å²) in [5, 5.41) is 5.31. The molecule has 3 amide bonds. The van der Waals surface area contributed by atoms with Crippen LogP contribution in [0.3, 0.4) is 0 Å². The fourth-order valence-electron chi connectivity index (χ4n) is 3.10. The molecule has 0 bridgehead atoms. The van der Waals surface area contributed by atoms with Crippen molar-refractivity contribution in [2.24, 2.45) is 0 Å². The van der Waals surface area contributed by atoms with Crippen LogP contribution < -0.4 is 10.6 Å². The molecule has 3 rings (SSSR count). The lowest BCUT2D eigenvalue weighted by Crippen LogP contribution is -2.49. The Kier molecular flexibility index (Phi) is 7.15. The number of carbonyl (C=O) groups is 2. The molecule has 1 fully saturated rings. The molecule has 7 nitrogen and oxygen atoms in total. The molecule has 2 aromatic rings. The second kappa shape index (κ2) is 9.99. The summed E-state index contributed by atoms with van der Waals surface area (Å²) in [7, 11) is 1.69. The molecule has 0 atom stereocenters. The van der Waals surface area contributed by atoms with Crippen molar-refractivity contribution in [3.8, 4) is 0 Å². The van der Waals surface area contributed by atoms with E-state index in [4.69, 9.17) is 4.74 Å². The largest absolute Gasteiger partial charge is 0.383 e. The van der Waals surface area contributed by atoms with Gasteiger partial charge in [0.1, 0.15) is 5.82 Å². The quantitative estimate of drug-likeness (QED) is 0.782. The Labute approximate surface area is 169 Å². The van der Waals surface area contributed by atoms with Crippen molar-refractivity contribution in [2.75, 3.05) is 57.1 Å². The fourth-order valence-corrected chi connectivity index (χ4v) is 3.10. The van der Waals surface area contributed by atoms with Crippen molar-refractivity contribution in [1.82, 2.24) is 9.80 Å². The number of piperazine rings is 1. The summed E-state index contributed by atoms with van der Waals surface area (Å²) in [4.78, 5) is 28.8. The highest BCUT2D eigenvalue weighted by Crippen LogP contribution is 2.14. The highest BCUT2D eigenvalue weighted by Gasteiger charge is 2.21. The number of urea groups is 1. The second-order valence-electron chi connectivity index (χ2n) is 6.79. The van der Waals surface area contributed by atoms with Crippen LogP contribution in [0.2, 0.25) is 0 Å². The zero-order chi connectivity index (χ0) is 20.6. The van der Waals surface area contributed by atoms with Crippen molar-refractivity contribution in [2.45, 2.75) is 0 Å². The van der Waals surface area contributed by atoms with Gasteiger partial charge in [-0.25, -0.2) is 9.18 Å². The highest BCUT2D eigenvalue weighted by atomic mass is 19.1. The zero-order valence-electron chi connectivity index (χ0n) is 16.4. The van der Waals surface area contributed by atoms with Crippen LogP contribution in [-0.2, 0) is 4.74 Å². The van der Waals surface area contributed by atoms with Crippen LogP contribution in [0.25, 0.3) is 0 Å². The molecule has 29 heavy (non-hydrogen) atoms. The average Bonchev–Trinajstić information content (AvgIpc) is 2.74. The number of halogens is 1. The Morgan fingerprint density at radius 3 is 2.03 bits per heavy atom. The maximum Gasteiger partial charge on any atom is 0.323 e. The molecule has 1 aliphatic heterocycles. The van der Waals surface area contributed by atoms with Gasteiger partial charge in [-0.3, -0.25) is 9.69 Å². The number of anilines is 2. The molecule has 0 spiro atoms. The minimum Gasteiger partial charge on any atom is -0.383 e. The summed E-state index contributed by atoms with van der Waals surface area (Å²) in [6, 6.07) is 11.8. The van der Waals surface area contributed by atoms with Gasteiger partial charge in [-0.2, -0.15) is 0 Å². The Morgan fingerprint density at radius 1 is 0.931 bits per heavy atom. The number of nitrogens with one attached hydrogen (secondary N) is 2. The lowest BCUT2D eigenvalue weighted by molar-refractivity contribution is 0.0594. The molecule has 0 aliphatic carbocycles. The third kappa shape index (κ3) is 6.00. The third-order valence-corrected chi connectivity index (χ3v) is 4.76. The molecule has 0 saturated carbocycles. The Hall–Kier alpha value is -2.97. The number of rotatable bonds is 6. The standard InChI is InChI=1S/C21H25FN4O3/c1-29-15-14-25-10-12-26(13-11-25)20(27)16-2-6-18(7-3-16)23-21(28)24-19-8-4-17(22)5-9-19/h2-9H,10-15H2,1H3,(H2,23,24,28). The van der Waals surface area contributed by atoms with E-state index in [0.29, 0.717) is 36.6 Å². The van der Waals surface area contributed by atoms with E-state index in [9.17, 15) is 14.0 Å². The summed E-state index contributed by atoms with van der Waals surface area (Å²) in [6.07, 6.45) is 0. The van der Waals surface area contributed by atoms with Crippen LogP contribution in [0.5, 0.6) is 0 Å². The molecular weight excluding hydrogens is 375 g/mol.